The Morgan fingerprint density at radius 3 is 1.44 bits per heavy atom. The van der Waals surface area contributed by atoms with Crippen LogP contribution in [0.15, 0.2) is 84.9 Å². The van der Waals surface area contributed by atoms with Crippen molar-refractivity contribution in [2.45, 2.75) is 0 Å². The fourth-order valence-corrected chi connectivity index (χ4v) is 5.43. The van der Waals surface area contributed by atoms with Gasteiger partial charge in [0, 0.05) is 33.4 Å². The summed E-state index contributed by atoms with van der Waals surface area (Å²) in [5.41, 5.74) is 2.92. The zero-order chi connectivity index (χ0) is 28.2. The van der Waals surface area contributed by atoms with Gasteiger partial charge in [-0.2, -0.15) is 0 Å². The highest BCUT2D eigenvalue weighted by molar-refractivity contribution is 6.34. The molecule has 2 aliphatic carbocycles. The van der Waals surface area contributed by atoms with Crippen molar-refractivity contribution in [1.29, 1.82) is 0 Å². The summed E-state index contributed by atoms with van der Waals surface area (Å²) in [4.78, 5) is 53.4. The molecule has 41 heavy (non-hydrogen) atoms. The number of hydrogen-bond donors (Lipinski definition) is 2. The van der Waals surface area contributed by atoms with E-state index in [9.17, 15) is 19.2 Å². The van der Waals surface area contributed by atoms with Gasteiger partial charge >= 0.3 is 0 Å². The van der Waals surface area contributed by atoms with Gasteiger partial charge in [0.15, 0.2) is 34.1 Å². The van der Waals surface area contributed by atoms with Crippen molar-refractivity contribution in [3.8, 4) is 0 Å². The number of carbonyl (C=O) groups is 4. The number of hydrogen-bond acceptors (Lipinski definition) is 9. The van der Waals surface area contributed by atoms with Gasteiger partial charge in [0.25, 0.3) is 0 Å². The third-order valence-corrected chi connectivity index (χ3v) is 7.40. The van der Waals surface area contributed by atoms with Gasteiger partial charge in [0.1, 0.15) is 5.69 Å². The average Bonchev–Trinajstić information content (AvgIpc) is 3.00. The first-order valence-electron chi connectivity index (χ1n) is 12.5. The number of carbonyl (C=O) groups excluding carboxylic acids is 4. The molecule has 2 aliphatic rings. The van der Waals surface area contributed by atoms with E-state index in [1.54, 1.807) is 84.9 Å². The number of benzene rings is 4. The molecule has 0 unspecified atom stereocenters. The highest BCUT2D eigenvalue weighted by Crippen LogP contribution is 2.38. The van der Waals surface area contributed by atoms with E-state index < -0.39 is 0 Å². The topological polar surface area (TPSA) is 131 Å². The Morgan fingerprint density at radius 1 is 0.488 bits per heavy atom. The first-order valence-corrected chi connectivity index (χ1v) is 12.9. The Morgan fingerprint density at radius 2 is 0.927 bits per heavy atom. The van der Waals surface area contributed by atoms with Crippen LogP contribution in [0.1, 0.15) is 63.7 Å². The molecule has 9 nitrogen and oxygen atoms in total. The molecule has 0 spiro atoms. The first kappa shape index (κ1) is 24.5. The van der Waals surface area contributed by atoms with Crippen molar-refractivity contribution in [1.82, 2.24) is 15.4 Å². The highest BCUT2D eigenvalue weighted by atomic mass is 35.5. The van der Waals surface area contributed by atoms with Crippen LogP contribution >= 0.6 is 11.6 Å². The quantitative estimate of drug-likeness (QED) is 0.285. The maximum absolute atomic E-state index is 13.5. The lowest BCUT2D eigenvalue weighted by atomic mass is 9.83. The van der Waals surface area contributed by atoms with E-state index in [0.717, 1.165) is 0 Å². The molecule has 7 rings (SSSR count). The van der Waals surface area contributed by atoms with Gasteiger partial charge in [-0.15, -0.1) is 10.2 Å². The predicted molar refractivity (Wildman–Crippen MR) is 151 cm³/mol. The Bertz CT molecular complexity index is 2010. The van der Waals surface area contributed by atoms with Gasteiger partial charge in [-0.25, -0.2) is 0 Å². The number of rotatable bonds is 4. The first-order chi connectivity index (χ1) is 19.9. The molecule has 1 heterocycles. The smallest absolute Gasteiger partial charge is 0.196 e. The number of aromatic nitrogens is 3. The number of ketones is 4. The number of nitrogens with zero attached hydrogens (tertiary/aromatic N) is 3. The summed E-state index contributed by atoms with van der Waals surface area (Å²) in [7, 11) is 0. The van der Waals surface area contributed by atoms with Gasteiger partial charge in [0.05, 0.1) is 22.5 Å². The third-order valence-electron chi connectivity index (χ3n) is 7.14. The number of fused-ring (bicyclic) bond motifs is 4. The van der Waals surface area contributed by atoms with Crippen LogP contribution in [-0.2, 0) is 0 Å². The maximum atomic E-state index is 13.5. The molecular formula is C31H16ClN5O4. The minimum atomic E-state index is -0.321. The number of halogens is 1. The molecule has 0 aliphatic heterocycles. The predicted octanol–water partition coefficient (Wildman–Crippen LogP) is 5.56. The molecule has 196 valence electrons. The van der Waals surface area contributed by atoms with Crippen molar-refractivity contribution >= 4 is 57.6 Å². The molecule has 2 N–H and O–H groups in total. The van der Waals surface area contributed by atoms with Gasteiger partial charge in [-0.3, -0.25) is 19.2 Å². The third kappa shape index (κ3) is 3.75. The molecule has 0 amide bonds. The molecule has 0 radical (unpaired) electrons. The highest BCUT2D eigenvalue weighted by Gasteiger charge is 2.33. The van der Waals surface area contributed by atoms with Crippen LogP contribution in [0.4, 0.5) is 22.9 Å². The monoisotopic (exact) mass is 557 g/mol. The largest absolute Gasteiger partial charge is 0.349 e. The van der Waals surface area contributed by atoms with Gasteiger partial charge in [-0.05, 0) is 17.3 Å². The van der Waals surface area contributed by atoms with Crippen molar-refractivity contribution < 1.29 is 19.2 Å². The standard InChI is InChI=1S/C31H16ClN5O4/c32-30-25(33-21-13-5-11-19-23(21)28(40)17-9-3-1-7-15(17)26(19)38)31(36-37-35-30)34-22-14-6-12-20-24(22)29(41)18-10-4-2-8-16(18)27(20)39/h1-14H,(H,33,37)(H,34,35,36). The maximum Gasteiger partial charge on any atom is 0.196 e. The fraction of sp³-hybridized carbons (Fsp3) is 0. The van der Waals surface area contributed by atoms with E-state index >= 15 is 0 Å². The lowest BCUT2D eigenvalue weighted by molar-refractivity contribution is 0.0979. The van der Waals surface area contributed by atoms with Crippen LogP contribution in [0.25, 0.3) is 0 Å². The van der Waals surface area contributed by atoms with Crippen LogP contribution in [0.5, 0.6) is 0 Å². The van der Waals surface area contributed by atoms with Crippen molar-refractivity contribution in [3.63, 3.8) is 0 Å². The van der Waals surface area contributed by atoms with E-state index in [-0.39, 0.29) is 62.0 Å². The second-order valence-corrected chi connectivity index (χ2v) is 9.78. The van der Waals surface area contributed by atoms with E-state index in [1.165, 1.54) is 0 Å². The van der Waals surface area contributed by atoms with E-state index in [0.29, 0.717) is 33.6 Å². The average molecular weight is 558 g/mol. The zero-order valence-electron chi connectivity index (χ0n) is 20.9. The summed E-state index contributed by atoms with van der Waals surface area (Å²) >= 11 is 6.45. The Labute approximate surface area is 237 Å². The molecule has 10 heteroatoms. The molecule has 0 atom stereocenters. The van der Waals surface area contributed by atoms with Crippen molar-refractivity contribution in [2.24, 2.45) is 0 Å². The fourth-order valence-electron chi connectivity index (χ4n) is 5.26. The zero-order valence-corrected chi connectivity index (χ0v) is 21.7. The Balaban J connectivity index is 1.30. The van der Waals surface area contributed by atoms with E-state index in [1.807, 2.05) is 0 Å². The minimum absolute atomic E-state index is 0.0763. The summed E-state index contributed by atoms with van der Waals surface area (Å²) in [6.07, 6.45) is 0. The lowest BCUT2D eigenvalue weighted by Crippen LogP contribution is -2.22. The van der Waals surface area contributed by atoms with Crippen LogP contribution in [0.2, 0.25) is 5.15 Å². The van der Waals surface area contributed by atoms with Gasteiger partial charge in [0.2, 0.25) is 0 Å². The molecule has 1 aromatic heterocycles. The summed E-state index contributed by atoms with van der Waals surface area (Å²) in [6.45, 7) is 0. The molecule has 0 saturated heterocycles. The number of anilines is 4. The van der Waals surface area contributed by atoms with Crippen molar-refractivity contribution in [2.75, 3.05) is 10.6 Å². The second kappa shape index (κ2) is 9.29. The van der Waals surface area contributed by atoms with Crippen LogP contribution in [0.3, 0.4) is 0 Å². The summed E-state index contributed by atoms with van der Waals surface area (Å²) in [6, 6.07) is 23.1. The van der Waals surface area contributed by atoms with Crippen LogP contribution in [0, 0.1) is 0 Å². The molecule has 5 aromatic rings. The van der Waals surface area contributed by atoms with E-state index in [4.69, 9.17) is 11.6 Å². The Kier molecular flexibility index (Phi) is 5.55. The van der Waals surface area contributed by atoms with Crippen LogP contribution in [-0.4, -0.2) is 38.5 Å². The molecular weight excluding hydrogens is 542 g/mol. The molecule has 0 fully saturated rings. The van der Waals surface area contributed by atoms with E-state index in [2.05, 4.69) is 26.0 Å². The summed E-state index contributed by atoms with van der Waals surface area (Å²) in [5, 5.41) is 17.7. The van der Waals surface area contributed by atoms with Crippen LogP contribution < -0.4 is 10.6 Å². The molecule has 0 bridgehead atoms. The van der Waals surface area contributed by atoms with Crippen molar-refractivity contribution in [3.05, 3.63) is 135 Å². The Hall–Kier alpha value is -5.54. The van der Waals surface area contributed by atoms with Gasteiger partial charge < -0.3 is 10.6 Å². The minimum Gasteiger partial charge on any atom is -0.349 e. The number of nitrogens with one attached hydrogen (secondary N) is 2. The second-order valence-electron chi connectivity index (χ2n) is 9.42. The molecule has 0 saturated carbocycles. The summed E-state index contributed by atoms with van der Waals surface area (Å²) in [5.74, 6) is -1.09. The lowest BCUT2D eigenvalue weighted by Gasteiger charge is -2.22. The van der Waals surface area contributed by atoms with Gasteiger partial charge in [-0.1, -0.05) is 84.4 Å². The molecule has 4 aromatic carbocycles. The SMILES string of the molecule is O=C1c2ccccc2C(=O)c2c(Nc3nnnc(Cl)c3Nc3cccc4c3C(=O)c3ccccc3C4=O)cccc21. The summed E-state index contributed by atoms with van der Waals surface area (Å²) < 4.78 is 0. The normalized spacial score (nSPS) is 13.2.